The number of anilines is 1. The molecule has 4 rings (SSSR count). The molecule has 0 radical (unpaired) electrons. The van der Waals surface area contributed by atoms with E-state index in [-0.39, 0.29) is 19.0 Å². The minimum atomic E-state index is -0.681. The van der Waals surface area contributed by atoms with E-state index in [1.807, 2.05) is 43.3 Å². The van der Waals surface area contributed by atoms with E-state index in [0.29, 0.717) is 22.6 Å². The van der Waals surface area contributed by atoms with Crippen molar-refractivity contribution >= 4 is 23.5 Å². The van der Waals surface area contributed by atoms with Gasteiger partial charge in [0.05, 0.1) is 5.56 Å². The van der Waals surface area contributed by atoms with Crippen molar-refractivity contribution < 1.29 is 23.9 Å². The monoisotopic (exact) mass is 550 g/mol. The van der Waals surface area contributed by atoms with E-state index in [1.54, 1.807) is 81.4 Å². The summed E-state index contributed by atoms with van der Waals surface area (Å²) in [7, 11) is 0. The summed E-state index contributed by atoms with van der Waals surface area (Å²) >= 11 is 0. The molecule has 7 nitrogen and oxygen atoms in total. The molecule has 0 aliphatic carbocycles. The van der Waals surface area contributed by atoms with Crippen molar-refractivity contribution in [3.8, 4) is 16.9 Å². The van der Waals surface area contributed by atoms with Crippen molar-refractivity contribution in [1.82, 2.24) is 4.90 Å². The Balaban J connectivity index is 1.43. The molecule has 0 saturated carbocycles. The second kappa shape index (κ2) is 12.5. The first-order valence-corrected chi connectivity index (χ1v) is 13.3. The van der Waals surface area contributed by atoms with E-state index in [9.17, 15) is 14.4 Å². The number of hydrogen-bond acceptors (Lipinski definition) is 6. The molecule has 0 atom stereocenters. The van der Waals surface area contributed by atoms with Gasteiger partial charge in [-0.05, 0) is 92.9 Å². The molecule has 0 unspecified atom stereocenters. The van der Waals surface area contributed by atoms with Crippen molar-refractivity contribution in [2.24, 2.45) is 0 Å². The number of hydrogen-bond donors (Lipinski definition) is 1. The van der Waals surface area contributed by atoms with E-state index in [2.05, 4.69) is 0 Å². The highest BCUT2D eigenvalue weighted by atomic mass is 16.6. The van der Waals surface area contributed by atoms with Gasteiger partial charge in [-0.1, -0.05) is 54.1 Å². The normalized spacial score (nSPS) is 11.0. The molecule has 0 aliphatic rings. The van der Waals surface area contributed by atoms with Gasteiger partial charge in [0.1, 0.15) is 17.9 Å². The van der Waals surface area contributed by atoms with Crippen LogP contribution in [0.15, 0.2) is 97.1 Å². The van der Waals surface area contributed by atoms with Gasteiger partial charge in [0, 0.05) is 17.8 Å². The second-order valence-electron chi connectivity index (χ2n) is 10.8. The Hall–Kier alpha value is -4.91. The highest BCUT2D eigenvalue weighted by Gasteiger charge is 2.23. The standard InChI is InChI=1S/C34H34N2O5/c1-23-5-9-25(10-6-23)26-11-13-28(14-12-26)33(39)40-30-19-7-24(8-20-30)21-36(22-31(37)41-34(2,3)4)32(38)27-15-17-29(35)18-16-27/h5-20H,21-22,35H2,1-4H3. The molecule has 0 saturated heterocycles. The van der Waals surface area contributed by atoms with E-state index in [0.717, 1.165) is 16.7 Å². The maximum absolute atomic E-state index is 13.3. The van der Waals surface area contributed by atoms with Crippen molar-refractivity contribution in [3.63, 3.8) is 0 Å². The lowest BCUT2D eigenvalue weighted by Crippen LogP contribution is -2.38. The Morgan fingerprint density at radius 1 is 0.732 bits per heavy atom. The number of esters is 2. The summed E-state index contributed by atoms with van der Waals surface area (Å²) in [6, 6.07) is 28.8. The third-order valence-corrected chi connectivity index (χ3v) is 6.20. The number of carbonyl (C=O) groups excluding carboxylic acids is 3. The van der Waals surface area contributed by atoms with Crippen LogP contribution in [0.25, 0.3) is 11.1 Å². The van der Waals surface area contributed by atoms with Gasteiger partial charge in [-0.25, -0.2) is 4.79 Å². The molecule has 7 heteroatoms. The zero-order chi connectivity index (χ0) is 29.6. The van der Waals surface area contributed by atoms with Crippen molar-refractivity contribution in [2.45, 2.75) is 39.8 Å². The molecule has 210 valence electrons. The molecule has 0 aromatic heterocycles. The van der Waals surface area contributed by atoms with E-state index < -0.39 is 17.5 Å². The van der Waals surface area contributed by atoms with Gasteiger partial charge in [0.15, 0.2) is 0 Å². The lowest BCUT2D eigenvalue weighted by atomic mass is 10.0. The van der Waals surface area contributed by atoms with Crippen molar-refractivity contribution in [2.75, 3.05) is 12.3 Å². The number of amides is 1. The third-order valence-electron chi connectivity index (χ3n) is 6.20. The highest BCUT2D eigenvalue weighted by Crippen LogP contribution is 2.22. The molecule has 2 N–H and O–H groups in total. The molecular formula is C34H34N2O5. The topological polar surface area (TPSA) is 98.9 Å². The average Bonchev–Trinajstić information content (AvgIpc) is 2.93. The molecular weight excluding hydrogens is 516 g/mol. The maximum Gasteiger partial charge on any atom is 0.343 e. The minimum absolute atomic E-state index is 0.150. The molecule has 41 heavy (non-hydrogen) atoms. The van der Waals surface area contributed by atoms with Crippen LogP contribution in [0.4, 0.5) is 5.69 Å². The molecule has 0 aliphatic heterocycles. The SMILES string of the molecule is Cc1ccc(-c2ccc(C(=O)Oc3ccc(CN(CC(=O)OC(C)(C)C)C(=O)c4ccc(N)cc4)cc3)cc2)cc1. The lowest BCUT2D eigenvalue weighted by Gasteiger charge is -2.25. The summed E-state index contributed by atoms with van der Waals surface area (Å²) < 4.78 is 11.0. The lowest BCUT2D eigenvalue weighted by molar-refractivity contribution is -0.155. The Labute approximate surface area is 240 Å². The number of benzene rings is 4. The van der Waals surface area contributed by atoms with Crippen LogP contribution < -0.4 is 10.5 Å². The summed E-state index contributed by atoms with van der Waals surface area (Å²) in [5.74, 6) is -0.955. The van der Waals surface area contributed by atoms with Gasteiger partial charge in [-0.15, -0.1) is 0 Å². The summed E-state index contributed by atoms with van der Waals surface area (Å²) in [4.78, 5) is 40.0. The average molecular weight is 551 g/mol. The summed E-state index contributed by atoms with van der Waals surface area (Å²) in [5.41, 5.74) is 10.5. The second-order valence-corrected chi connectivity index (χ2v) is 10.8. The molecule has 0 fully saturated rings. The van der Waals surface area contributed by atoms with Gasteiger partial charge in [-0.2, -0.15) is 0 Å². The zero-order valence-electron chi connectivity index (χ0n) is 23.7. The van der Waals surface area contributed by atoms with E-state index in [4.69, 9.17) is 15.2 Å². The molecule has 4 aromatic carbocycles. The number of ether oxygens (including phenoxy) is 2. The largest absolute Gasteiger partial charge is 0.459 e. The van der Waals surface area contributed by atoms with Gasteiger partial charge in [-0.3, -0.25) is 9.59 Å². The van der Waals surface area contributed by atoms with Crippen LogP contribution in [0, 0.1) is 6.92 Å². The van der Waals surface area contributed by atoms with Crippen LogP contribution in [0.2, 0.25) is 0 Å². The number of carbonyl (C=O) groups is 3. The van der Waals surface area contributed by atoms with E-state index in [1.165, 1.54) is 10.5 Å². The molecule has 0 heterocycles. The predicted molar refractivity (Wildman–Crippen MR) is 159 cm³/mol. The Bertz CT molecular complexity index is 1500. The number of aryl methyl sites for hydroxylation is 1. The predicted octanol–water partition coefficient (Wildman–Crippen LogP) is 6.45. The fourth-order valence-electron chi connectivity index (χ4n) is 4.13. The van der Waals surface area contributed by atoms with Gasteiger partial charge in [0.2, 0.25) is 0 Å². The number of nitrogen functional groups attached to an aromatic ring is 1. The highest BCUT2D eigenvalue weighted by molar-refractivity contribution is 5.96. The molecule has 0 spiro atoms. The first kappa shape index (κ1) is 29.1. The fraction of sp³-hybridized carbons (Fsp3) is 0.206. The molecule has 0 bridgehead atoms. The Morgan fingerprint density at radius 3 is 1.83 bits per heavy atom. The van der Waals surface area contributed by atoms with Gasteiger partial charge in [0.25, 0.3) is 5.91 Å². The van der Waals surface area contributed by atoms with Crippen LogP contribution >= 0.6 is 0 Å². The van der Waals surface area contributed by atoms with Crippen LogP contribution in [-0.4, -0.2) is 34.9 Å². The Kier molecular flexibility index (Phi) is 8.87. The number of nitrogens with zero attached hydrogens (tertiary/aromatic N) is 1. The van der Waals surface area contributed by atoms with Gasteiger partial charge >= 0.3 is 11.9 Å². The summed E-state index contributed by atoms with van der Waals surface area (Å²) in [6.07, 6.45) is 0. The smallest absolute Gasteiger partial charge is 0.343 e. The minimum Gasteiger partial charge on any atom is -0.459 e. The summed E-state index contributed by atoms with van der Waals surface area (Å²) in [5, 5.41) is 0. The molecule has 1 amide bonds. The Morgan fingerprint density at radius 2 is 1.27 bits per heavy atom. The first-order chi connectivity index (χ1) is 19.5. The van der Waals surface area contributed by atoms with Crippen LogP contribution in [0.1, 0.15) is 52.6 Å². The quantitative estimate of drug-likeness (QED) is 0.154. The van der Waals surface area contributed by atoms with Crippen LogP contribution in [-0.2, 0) is 16.1 Å². The van der Waals surface area contributed by atoms with Crippen LogP contribution in [0.3, 0.4) is 0 Å². The van der Waals surface area contributed by atoms with Crippen molar-refractivity contribution in [1.29, 1.82) is 0 Å². The van der Waals surface area contributed by atoms with Crippen LogP contribution in [0.5, 0.6) is 5.75 Å². The summed E-state index contributed by atoms with van der Waals surface area (Å²) in [6.45, 7) is 7.28. The van der Waals surface area contributed by atoms with Gasteiger partial charge < -0.3 is 20.1 Å². The zero-order valence-corrected chi connectivity index (χ0v) is 23.7. The number of nitrogens with two attached hydrogens (primary N) is 1. The maximum atomic E-state index is 13.3. The first-order valence-electron chi connectivity index (χ1n) is 13.3. The fourth-order valence-corrected chi connectivity index (χ4v) is 4.13. The third kappa shape index (κ3) is 8.29. The van der Waals surface area contributed by atoms with Crippen molar-refractivity contribution in [3.05, 3.63) is 119 Å². The van der Waals surface area contributed by atoms with E-state index >= 15 is 0 Å². The molecule has 4 aromatic rings. The number of rotatable bonds is 8.